The molecule has 1 heteroatoms. The van der Waals surface area contributed by atoms with Gasteiger partial charge >= 0.3 is 0 Å². The fourth-order valence-corrected chi connectivity index (χ4v) is 2.41. The van der Waals surface area contributed by atoms with Crippen LogP contribution in [0.2, 0.25) is 0 Å². The molecule has 0 spiro atoms. The molecule has 0 aliphatic carbocycles. The summed E-state index contributed by atoms with van der Waals surface area (Å²) in [5.41, 5.74) is 3.27. The molecule has 2 rings (SSSR count). The van der Waals surface area contributed by atoms with Gasteiger partial charge in [-0.05, 0) is 18.4 Å². The van der Waals surface area contributed by atoms with Crippen LogP contribution >= 0.6 is 11.3 Å². The number of terminal acetylenes is 1. The predicted molar refractivity (Wildman–Crippen MR) is 78.5 cm³/mol. The van der Waals surface area contributed by atoms with Crippen molar-refractivity contribution in [1.29, 1.82) is 0 Å². The van der Waals surface area contributed by atoms with Gasteiger partial charge in [-0.25, -0.2) is 0 Å². The van der Waals surface area contributed by atoms with Crippen LogP contribution in [0.1, 0.15) is 29.5 Å². The predicted octanol–water partition coefficient (Wildman–Crippen LogP) is 4.10. The van der Waals surface area contributed by atoms with Gasteiger partial charge in [0.05, 0.1) is 11.1 Å². The molecule has 0 saturated carbocycles. The summed E-state index contributed by atoms with van der Waals surface area (Å²) in [6.07, 6.45) is 8.48. The zero-order chi connectivity index (χ0) is 12.6. The molecule has 0 aliphatic rings. The van der Waals surface area contributed by atoms with Crippen molar-refractivity contribution < 1.29 is 0 Å². The number of hydrogen-bond acceptors (Lipinski definition) is 1. The summed E-state index contributed by atoms with van der Waals surface area (Å²) in [5, 5.41) is 3.98. The second-order valence-corrected chi connectivity index (χ2v) is 4.73. The monoisotopic (exact) mass is 250 g/mol. The smallest absolute Gasteiger partial charge is 0.0508 e. The number of aryl methyl sites for hydroxylation is 1. The van der Waals surface area contributed by atoms with E-state index in [1.54, 1.807) is 11.3 Å². The Bertz CT molecular complexity index is 588. The molecule has 1 heterocycles. The minimum Gasteiger partial charge on any atom is -0.150 e. The van der Waals surface area contributed by atoms with Crippen molar-refractivity contribution in [1.82, 2.24) is 0 Å². The number of thiophene rings is 1. The first-order valence-corrected chi connectivity index (χ1v) is 6.90. The summed E-state index contributed by atoms with van der Waals surface area (Å²) < 4.78 is 0. The standard InChI is InChI=1S/C17H14S/c1-2-16-13-18-14-17(16)12-8-4-7-11-15-9-5-3-6-10-15/h1,3,5-6,9-10,13-14H,4,7,11H2. The van der Waals surface area contributed by atoms with Gasteiger partial charge in [-0.1, -0.05) is 48.1 Å². The second-order valence-electron chi connectivity index (χ2n) is 3.98. The molecular weight excluding hydrogens is 236 g/mol. The first-order chi connectivity index (χ1) is 8.90. The molecule has 88 valence electrons. The summed E-state index contributed by atoms with van der Waals surface area (Å²) in [4.78, 5) is 0. The third kappa shape index (κ3) is 3.52. The SMILES string of the molecule is C#Cc1cscc1C#CCCCc1ccccc1. The van der Waals surface area contributed by atoms with Crippen LogP contribution in [-0.2, 0) is 6.42 Å². The Morgan fingerprint density at radius 1 is 1.06 bits per heavy atom. The van der Waals surface area contributed by atoms with E-state index in [1.807, 2.05) is 16.8 Å². The highest BCUT2D eigenvalue weighted by molar-refractivity contribution is 7.08. The van der Waals surface area contributed by atoms with Gasteiger partial charge in [-0.3, -0.25) is 0 Å². The maximum atomic E-state index is 5.39. The molecule has 0 nitrogen and oxygen atoms in total. The van der Waals surface area contributed by atoms with Crippen LogP contribution in [0.25, 0.3) is 0 Å². The maximum absolute atomic E-state index is 5.39. The van der Waals surface area contributed by atoms with E-state index in [0.29, 0.717) is 0 Å². The molecule has 0 radical (unpaired) electrons. The van der Waals surface area contributed by atoms with Crippen LogP contribution in [0.5, 0.6) is 0 Å². The lowest BCUT2D eigenvalue weighted by Crippen LogP contribution is -1.83. The topological polar surface area (TPSA) is 0 Å². The van der Waals surface area contributed by atoms with Crippen LogP contribution in [-0.4, -0.2) is 0 Å². The molecule has 1 aromatic heterocycles. The van der Waals surface area contributed by atoms with E-state index in [1.165, 1.54) is 5.56 Å². The number of hydrogen-bond donors (Lipinski definition) is 0. The van der Waals surface area contributed by atoms with Crippen molar-refractivity contribution in [3.05, 3.63) is 57.8 Å². The van der Waals surface area contributed by atoms with E-state index >= 15 is 0 Å². The van der Waals surface area contributed by atoms with E-state index in [-0.39, 0.29) is 0 Å². The number of unbranched alkanes of at least 4 members (excludes halogenated alkanes) is 1. The van der Waals surface area contributed by atoms with Gasteiger partial charge in [0.25, 0.3) is 0 Å². The molecule has 0 amide bonds. The normalized spacial score (nSPS) is 9.28. The van der Waals surface area contributed by atoms with E-state index < -0.39 is 0 Å². The molecular formula is C17H14S. The van der Waals surface area contributed by atoms with Gasteiger partial charge in [0, 0.05) is 17.2 Å². The molecule has 2 aromatic rings. The quantitative estimate of drug-likeness (QED) is 0.568. The van der Waals surface area contributed by atoms with Gasteiger partial charge in [0.1, 0.15) is 0 Å². The summed E-state index contributed by atoms with van der Waals surface area (Å²) in [7, 11) is 0. The van der Waals surface area contributed by atoms with Gasteiger partial charge in [-0.2, -0.15) is 0 Å². The third-order valence-electron chi connectivity index (χ3n) is 2.65. The summed E-state index contributed by atoms with van der Waals surface area (Å²) in [5.74, 6) is 8.99. The number of benzene rings is 1. The third-order valence-corrected chi connectivity index (χ3v) is 3.39. The lowest BCUT2D eigenvalue weighted by molar-refractivity contribution is 0.858. The largest absolute Gasteiger partial charge is 0.150 e. The van der Waals surface area contributed by atoms with E-state index in [9.17, 15) is 0 Å². The fourth-order valence-electron chi connectivity index (χ4n) is 1.69. The van der Waals surface area contributed by atoms with Crippen molar-refractivity contribution >= 4 is 11.3 Å². The van der Waals surface area contributed by atoms with Crippen molar-refractivity contribution in [2.75, 3.05) is 0 Å². The van der Waals surface area contributed by atoms with E-state index in [0.717, 1.165) is 30.4 Å². The van der Waals surface area contributed by atoms with Crippen molar-refractivity contribution in [3.63, 3.8) is 0 Å². The lowest BCUT2D eigenvalue weighted by atomic mass is 10.1. The zero-order valence-corrected chi connectivity index (χ0v) is 11.0. The summed E-state index contributed by atoms with van der Waals surface area (Å²) in [6.45, 7) is 0. The van der Waals surface area contributed by atoms with Crippen LogP contribution in [0.4, 0.5) is 0 Å². The Kier molecular flexibility index (Phi) is 4.65. The molecule has 0 saturated heterocycles. The Labute approximate surface area is 113 Å². The van der Waals surface area contributed by atoms with E-state index in [4.69, 9.17) is 6.42 Å². The van der Waals surface area contributed by atoms with Crippen molar-refractivity contribution in [3.8, 4) is 24.2 Å². The minimum absolute atomic E-state index is 0.911. The summed E-state index contributed by atoms with van der Waals surface area (Å²) in [6, 6.07) is 10.5. The Balaban J connectivity index is 1.82. The molecule has 0 bridgehead atoms. The molecule has 1 aromatic carbocycles. The highest BCUT2D eigenvalue weighted by Gasteiger charge is 1.96. The molecule has 0 atom stereocenters. The average Bonchev–Trinajstić information content (AvgIpc) is 2.87. The van der Waals surface area contributed by atoms with Crippen molar-refractivity contribution in [2.45, 2.75) is 19.3 Å². The highest BCUT2D eigenvalue weighted by atomic mass is 32.1. The van der Waals surface area contributed by atoms with Crippen LogP contribution in [0.15, 0.2) is 41.1 Å². The Hall–Kier alpha value is -1.96. The Morgan fingerprint density at radius 2 is 1.83 bits per heavy atom. The molecule has 0 unspecified atom stereocenters. The number of rotatable bonds is 3. The van der Waals surface area contributed by atoms with Crippen LogP contribution in [0, 0.1) is 24.2 Å². The minimum atomic E-state index is 0.911. The molecule has 0 fully saturated rings. The molecule has 18 heavy (non-hydrogen) atoms. The van der Waals surface area contributed by atoms with Gasteiger partial charge in [0.15, 0.2) is 0 Å². The van der Waals surface area contributed by atoms with Gasteiger partial charge < -0.3 is 0 Å². The first-order valence-electron chi connectivity index (χ1n) is 5.96. The molecule has 0 N–H and O–H groups in total. The lowest BCUT2D eigenvalue weighted by Gasteiger charge is -1.96. The van der Waals surface area contributed by atoms with Gasteiger partial charge in [-0.15, -0.1) is 17.8 Å². The second kappa shape index (κ2) is 6.70. The maximum Gasteiger partial charge on any atom is 0.0508 e. The average molecular weight is 250 g/mol. The zero-order valence-electron chi connectivity index (χ0n) is 10.1. The van der Waals surface area contributed by atoms with Crippen molar-refractivity contribution in [2.24, 2.45) is 0 Å². The highest BCUT2D eigenvalue weighted by Crippen LogP contribution is 2.12. The molecule has 0 aliphatic heterocycles. The first kappa shape index (κ1) is 12.5. The van der Waals surface area contributed by atoms with Gasteiger partial charge in [0.2, 0.25) is 0 Å². The van der Waals surface area contributed by atoms with Crippen LogP contribution < -0.4 is 0 Å². The fraction of sp³-hybridized carbons (Fsp3) is 0.176. The van der Waals surface area contributed by atoms with Crippen LogP contribution in [0.3, 0.4) is 0 Å². The Morgan fingerprint density at radius 3 is 2.61 bits per heavy atom. The summed E-state index contributed by atoms with van der Waals surface area (Å²) >= 11 is 1.61. The van der Waals surface area contributed by atoms with E-state index in [2.05, 4.69) is 42.0 Å².